The summed E-state index contributed by atoms with van der Waals surface area (Å²) in [7, 11) is 0. The van der Waals surface area contributed by atoms with Crippen LogP contribution in [0.2, 0.25) is 0 Å². The molecular formula is C13H21NO. The summed E-state index contributed by atoms with van der Waals surface area (Å²) in [5.41, 5.74) is 9.69. The Morgan fingerprint density at radius 3 is 2.07 bits per heavy atom. The molecule has 0 amide bonds. The highest BCUT2D eigenvalue weighted by Crippen LogP contribution is 2.21. The molecule has 3 N–H and O–H groups in total. The van der Waals surface area contributed by atoms with Crippen LogP contribution in [0.3, 0.4) is 0 Å². The SMILES string of the molecule is Cc1cc(C)c(CC(C)(O)CN)c(C)c1. The van der Waals surface area contributed by atoms with E-state index in [4.69, 9.17) is 5.73 Å². The molecule has 15 heavy (non-hydrogen) atoms. The van der Waals surface area contributed by atoms with E-state index in [9.17, 15) is 5.11 Å². The van der Waals surface area contributed by atoms with E-state index in [1.165, 1.54) is 22.3 Å². The van der Waals surface area contributed by atoms with Gasteiger partial charge in [-0.15, -0.1) is 0 Å². The van der Waals surface area contributed by atoms with Gasteiger partial charge in [-0.2, -0.15) is 0 Å². The van der Waals surface area contributed by atoms with E-state index in [-0.39, 0.29) is 0 Å². The highest BCUT2D eigenvalue weighted by molar-refractivity contribution is 5.38. The van der Waals surface area contributed by atoms with Crippen LogP contribution in [0, 0.1) is 20.8 Å². The first-order valence-corrected chi connectivity index (χ1v) is 5.35. The second kappa shape index (κ2) is 4.33. The summed E-state index contributed by atoms with van der Waals surface area (Å²) in [5, 5.41) is 9.97. The average Bonchev–Trinajstić information content (AvgIpc) is 2.11. The van der Waals surface area contributed by atoms with Gasteiger partial charge >= 0.3 is 0 Å². The van der Waals surface area contributed by atoms with E-state index in [0.29, 0.717) is 13.0 Å². The third kappa shape index (κ3) is 3.05. The van der Waals surface area contributed by atoms with Gasteiger partial charge < -0.3 is 10.8 Å². The summed E-state index contributed by atoms with van der Waals surface area (Å²) in [6.07, 6.45) is 0.626. The smallest absolute Gasteiger partial charge is 0.0781 e. The molecule has 2 nitrogen and oxygen atoms in total. The van der Waals surface area contributed by atoms with E-state index in [2.05, 4.69) is 32.9 Å². The lowest BCUT2D eigenvalue weighted by atomic mass is 9.90. The maximum atomic E-state index is 9.97. The summed E-state index contributed by atoms with van der Waals surface area (Å²) in [6.45, 7) is 8.33. The summed E-state index contributed by atoms with van der Waals surface area (Å²) in [6, 6.07) is 4.30. The van der Waals surface area contributed by atoms with Gasteiger partial charge in [-0.1, -0.05) is 17.7 Å². The molecule has 1 atom stereocenters. The maximum absolute atomic E-state index is 9.97. The number of aliphatic hydroxyl groups is 1. The van der Waals surface area contributed by atoms with Crippen LogP contribution in [0.5, 0.6) is 0 Å². The Morgan fingerprint density at radius 2 is 1.67 bits per heavy atom. The van der Waals surface area contributed by atoms with Crippen LogP contribution in [0.4, 0.5) is 0 Å². The first-order chi connectivity index (χ1) is 6.85. The van der Waals surface area contributed by atoms with Crippen LogP contribution in [-0.2, 0) is 6.42 Å². The Kier molecular flexibility index (Phi) is 3.53. The van der Waals surface area contributed by atoms with Gasteiger partial charge in [0.15, 0.2) is 0 Å². The molecule has 0 aromatic heterocycles. The molecule has 1 rings (SSSR count). The van der Waals surface area contributed by atoms with E-state index in [1.807, 2.05) is 0 Å². The minimum atomic E-state index is -0.801. The molecule has 0 spiro atoms. The zero-order valence-corrected chi connectivity index (χ0v) is 10.1. The lowest BCUT2D eigenvalue weighted by Gasteiger charge is -2.23. The van der Waals surface area contributed by atoms with E-state index in [1.54, 1.807) is 6.92 Å². The number of aryl methyl sites for hydroxylation is 3. The molecule has 2 heteroatoms. The molecule has 1 unspecified atom stereocenters. The van der Waals surface area contributed by atoms with E-state index >= 15 is 0 Å². The van der Waals surface area contributed by atoms with Crippen molar-refractivity contribution in [3.8, 4) is 0 Å². The fourth-order valence-electron chi connectivity index (χ4n) is 1.94. The third-order valence-corrected chi connectivity index (χ3v) is 2.84. The fourth-order valence-corrected chi connectivity index (χ4v) is 1.94. The molecular weight excluding hydrogens is 186 g/mol. The molecule has 0 radical (unpaired) electrons. The first-order valence-electron chi connectivity index (χ1n) is 5.35. The van der Waals surface area contributed by atoms with Crippen molar-refractivity contribution in [3.05, 3.63) is 34.4 Å². The standard InChI is InChI=1S/C13H21NO/c1-9-5-10(2)12(11(3)6-9)7-13(4,15)8-14/h5-6,15H,7-8,14H2,1-4H3. The first kappa shape index (κ1) is 12.2. The van der Waals surface area contributed by atoms with Crippen molar-refractivity contribution in [2.24, 2.45) is 5.73 Å². The predicted molar refractivity (Wildman–Crippen MR) is 64.0 cm³/mol. The number of nitrogens with two attached hydrogens (primary N) is 1. The Bertz CT molecular complexity index is 333. The lowest BCUT2D eigenvalue weighted by Crippen LogP contribution is -2.36. The quantitative estimate of drug-likeness (QED) is 0.794. The normalized spacial score (nSPS) is 15.1. The topological polar surface area (TPSA) is 46.2 Å². The summed E-state index contributed by atoms with van der Waals surface area (Å²) < 4.78 is 0. The molecule has 0 saturated heterocycles. The molecule has 1 aromatic rings. The van der Waals surface area contributed by atoms with Crippen LogP contribution < -0.4 is 5.73 Å². The lowest BCUT2D eigenvalue weighted by molar-refractivity contribution is 0.0693. The second-order valence-electron chi connectivity index (χ2n) is 4.76. The second-order valence-corrected chi connectivity index (χ2v) is 4.76. The van der Waals surface area contributed by atoms with E-state index < -0.39 is 5.60 Å². The summed E-state index contributed by atoms with van der Waals surface area (Å²) in [4.78, 5) is 0. The predicted octanol–water partition coefficient (Wildman–Crippen LogP) is 1.86. The minimum absolute atomic E-state index is 0.291. The monoisotopic (exact) mass is 207 g/mol. The van der Waals surface area contributed by atoms with Crippen molar-refractivity contribution in [2.45, 2.75) is 39.7 Å². The number of benzene rings is 1. The molecule has 0 aliphatic heterocycles. The number of rotatable bonds is 3. The molecule has 0 fully saturated rings. The zero-order chi connectivity index (χ0) is 11.6. The van der Waals surface area contributed by atoms with Crippen molar-refractivity contribution in [3.63, 3.8) is 0 Å². The van der Waals surface area contributed by atoms with Crippen LogP contribution in [-0.4, -0.2) is 17.3 Å². The van der Waals surface area contributed by atoms with Gasteiger partial charge in [0.1, 0.15) is 0 Å². The number of hydrogen-bond donors (Lipinski definition) is 2. The third-order valence-electron chi connectivity index (χ3n) is 2.84. The van der Waals surface area contributed by atoms with Crippen molar-refractivity contribution in [2.75, 3.05) is 6.54 Å². The van der Waals surface area contributed by atoms with Gasteiger partial charge in [0.25, 0.3) is 0 Å². The molecule has 0 aliphatic carbocycles. The van der Waals surface area contributed by atoms with Gasteiger partial charge in [0.05, 0.1) is 5.60 Å². The molecule has 0 saturated carbocycles. The molecule has 1 aromatic carbocycles. The van der Waals surface area contributed by atoms with Crippen LogP contribution in [0.15, 0.2) is 12.1 Å². The average molecular weight is 207 g/mol. The Balaban J connectivity index is 3.05. The van der Waals surface area contributed by atoms with Gasteiger partial charge in [0, 0.05) is 13.0 Å². The maximum Gasteiger partial charge on any atom is 0.0781 e. The Labute approximate surface area is 92.1 Å². The van der Waals surface area contributed by atoms with Crippen LogP contribution in [0.25, 0.3) is 0 Å². The molecule has 0 aliphatic rings. The Hall–Kier alpha value is -0.860. The fraction of sp³-hybridized carbons (Fsp3) is 0.538. The van der Waals surface area contributed by atoms with Crippen molar-refractivity contribution in [1.29, 1.82) is 0 Å². The minimum Gasteiger partial charge on any atom is -0.389 e. The van der Waals surface area contributed by atoms with Crippen LogP contribution in [0.1, 0.15) is 29.2 Å². The van der Waals surface area contributed by atoms with Crippen LogP contribution >= 0.6 is 0 Å². The van der Waals surface area contributed by atoms with Gasteiger partial charge in [-0.3, -0.25) is 0 Å². The van der Waals surface area contributed by atoms with Crippen molar-refractivity contribution < 1.29 is 5.11 Å². The van der Waals surface area contributed by atoms with Gasteiger partial charge in [-0.05, 0) is 44.4 Å². The highest BCUT2D eigenvalue weighted by Gasteiger charge is 2.20. The molecule has 84 valence electrons. The van der Waals surface area contributed by atoms with Gasteiger partial charge in [-0.25, -0.2) is 0 Å². The largest absolute Gasteiger partial charge is 0.389 e. The summed E-state index contributed by atoms with van der Waals surface area (Å²) >= 11 is 0. The van der Waals surface area contributed by atoms with Crippen molar-refractivity contribution in [1.82, 2.24) is 0 Å². The molecule has 0 heterocycles. The van der Waals surface area contributed by atoms with Gasteiger partial charge in [0.2, 0.25) is 0 Å². The summed E-state index contributed by atoms with van der Waals surface area (Å²) in [5.74, 6) is 0. The van der Waals surface area contributed by atoms with E-state index in [0.717, 1.165) is 0 Å². The Morgan fingerprint density at radius 1 is 1.20 bits per heavy atom. The zero-order valence-electron chi connectivity index (χ0n) is 10.1. The van der Waals surface area contributed by atoms with Crippen molar-refractivity contribution >= 4 is 0 Å². The molecule has 0 bridgehead atoms. The number of hydrogen-bond acceptors (Lipinski definition) is 2. The highest BCUT2D eigenvalue weighted by atomic mass is 16.3.